The van der Waals surface area contributed by atoms with Gasteiger partial charge in [0.15, 0.2) is 5.75 Å². The molecule has 0 saturated carbocycles. The van der Waals surface area contributed by atoms with Crippen LogP contribution in [0.1, 0.15) is 25.1 Å². The number of nitrogens with zero attached hydrogens (tertiary/aromatic N) is 1. The van der Waals surface area contributed by atoms with Crippen LogP contribution in [0.15, 0.2) is 28.1 Å². The molecule has 3 unspecified atom stereocenters. The fraction of sp³-hybridized carbons (Fsp3) is 0.611. The van der Waals surface area contributed by atoms with Crippen LogP contribution in [0.2, 0.25) is 0 Å². The summed E-state index contributed by atoms with van der Waals surface area (Å²) in [7, 11) is 2.99. The molecule has 0 spiro atoms. The van der Waals surface area contributed by atoms with E-state index >= 15 is 0 Å². The molecule has 0 amide bonds. The number of rotatable bonds is 9. The van der Waals surface area contributed by atoms with E-state index in [2.05, 4.69) is 22.5 Å². The molecule has 3 atom stereocenters. The molecule has 1 aromatic heterocycles. The van der Waals surface area contributed by atoms with E-state index in [4.69, 9.17) is 18.9 Å². The maximum Gasteiger partial charge on any atom is 0.237 e. The van der Waals surface area contributed by atoms with Crippen LogP contribution < -0.4 is 10.2 Å². The molecule has 0 saturated heterocycles. The molecule has 0 bridgehead atoms. The highest BCUT2D eigenvalue weighted by atomic mass is 79.9. The SMILES string of the molecule is C=CCOC1Cn2cc(Br)c(=O)c(OC)c2C(OCOC)C1(C)CCO. The fourth-order valence-corrected chi connectivity index (χ4v) is 3.90. The maximum atomic E-state index is 12.5. The summed E-state index contributed by atoms with van der Waals surface area (Å²) in [5, 5.41) is 9.67. The lowest BCUT2D eigenvalue weighted by atomic mass is 9.72. The lowest BCUT2D eigenvalue weighted by Crippen LogP contribution is -2.49. The third-order valence-electron chi connectivity index (χ3n) is 4.80. The first kappa shape index (κ1) is 21.1. The molecule has 2 rings (SSSR count). The largest absolute Gasteiger partial charge is 0.491 e. The van der Waals surface area contributed by atoms with Crippen molar-refractivity contribution in [2.45, 2.75) is 32.1 Å². The summed E-state index contributed by atoms with van der Waals surface area (Å²) in [6.07, 6.45) is 3.00. The molecule has 1 aliphatic rings. The molecule has 0 fully saturated rings. The van der Waals surface area contributed by atoms with Crippen molar-refractivity contribution in [1.29, 1.82) is 0 Å². The van der Waals surface area contributed by atoms with E-state index in [1.165, 1.54) is 14.2 Å². The van der Waals surface area contributed by atoms with Crippen molar-refractivity contribution in [3.8, 4) is 5.75 Å². The number of hydrogen-bond acceptors (Lipinski definition) is 6. The summed E-state index contributed by atoms with van der Waals surface area (Å²) < 4.78 is 24.8. The average Bonchev–Trinajstić information content (AvgIpc) is 2.61. The van der Waals surface area contributed by atoms with Gasteiger partial charge >= 0.3 is 0 Å². The van der Waals surface area contributed by atoms with Crippen molar-refractivity contribution in [2.24, 2.45) is 5.41 Å². The van der Waals surface area contributed by atoms with Gasteiger partial charge in [-0.25, -0.2) is 0 Å². The third kappa shape index (κ3) is 3.89. The van der Waals surface area contributed by atoms with Crippen molar-refractivity contribution in [3.63, 3.8) is 0 Å². The molecule has 2 heterocycles. The molecule has 7 nitrogen and oxygen atoms in total. The Kier molecular flexibility index (Phi) is 7.42. The molecule has 0 aliphatic carbocycles. The number of aliphatic hydroxyl groups is 1. The van der Waals surface area contributed by atoms with Crippen molar-refractivity contribution < 1.29 is 24.1 Å². The van der Waals surface area contributed by atoms with E-state index in [1.807, 2.05) is 11.5 Å². The average molecular weight is 432 g/mol. The Hall–Kier alpha value is -1.19. The zero-order valence-electron chi connectivity index (χ0n) is 15.4. The van der Waals surface area contributed by atoms with Gasteiger partial charge in [-0.15, -0.1) is 6.58 Å². The van der Waals surface area contributed by atoms with Gasteiger partial charge in [0.25, 0.3) is 0 Å². The van der Waals surface area contributed by atoms with Gasteiger partial charge in [0.2, 0.25) is 5.43 Å². The van der Waals surface area contributed by atoms with Crippen molar-refractivity contribution in [1.82, 2.24) is 4.57 Å². The first-order chi connectivity index (χ1) is 12.4. The fourth-order valence-electron chi connectivity index (χ4n) is 3.47. The smallest absolute Gasteiger partial charge is 0.237 e. The van der Waals surface area contributed by atoms with Crippen LogP contribution in [0, 0.1) is 5.41 Å². The summed E-state index contributed by atoms with van der Waals surface area (Å²) in [4.78, 5) is 12.5. The van der Waals surface area contributed by atoms with Gasteiger partial charge in [-0.1, -0.05) is 13.0 Å². The number of fused-ring (bicyclic) bond motifs is 1. The molecular formula is C18H26BrNO6. The summed E-state index contributed by atoms with van der Waals surface area (Å²) in [5.41, 5.74) is -0.224. The van der Waals surface area contributed by atoms with E-state index in [9.17, 15) is 9.90 Å². The topological polar surface area (TPSA) is 79.2 Å². The van der Waals surface area contributed by atoms with Gasteiger partial charge in [0.05, 0.1) is 30.0 Å². The molecule has 1 aromatic rings. The number of halogens is 1. The molecule has 0 aromatic carbocycles. The number of aromatic nitrogens is 1. The van der Waals surface area contributed by atoms with Crippen LogP contribution in [0.4, 0.5) is 0 Å². The zero-order chi connectivity index (χ0) is 19.3. The van der Waals surface area contributed by atoms with Crippen LogP contribution in [0.25, 0.3) is 0 Å². The van der Waals surface area contributed by atoms with Crippen molar-refractivity contribution >= 4 is 15.9 Å². The predicted octanol–water partition coefficient (Wildman–Crippen LogP) is 2.25. The maximum absolute atomic E-state index is 12.5. The van der Waals surface area contributed by atoms with Gasteiger partial charge in [0.1, 0.15) is 12.9 Å². The normalized spacial score (nSPS) is 25.0. The van der Waals surface area contributed by atoms with Crippen LogP contribution in [0.5, 0.6) is 5.75 Å². The standard InChI is InChI=1S/C18H26BrNO6/c1-5-8-25-13-10-20-9-12(19)15(22)16(24-4)14(20)17(26-11-23-3)18(13,2)6-7-21/h5,9,13,17,21H,1,6-8,10-11H2,2-4H3. The number of hydrogen-bond donors (Lipinski definition) is 1. The zero-order valence-corrected chi connectivity index (χ0v) is 17.0. The minimum atomic E-state index is -0.593. The first-order valence-electron chi connectivity index (χ1n) is 8.35. The van der Waals surface area contributed by atoms with Gasteiger partial charge in [-0.05, 0) is 22.4 Å². The Morgan fingerprint density at radius 1 is 1.46 bits per heavy atom. The lowest BCUT2D eigenvalue weighted by Gasteiger charge is -2.48. The van der Waals surface area contributed by atoms with Gasteiger partial charge in [0, 0.05) is 31.9 Å². The lowest BCUT2D eigenvalue weighted by molar-refractivity contribution is -0.180. The Morgan fingerprint density at radius 2 is 2.19 bits per heavy atom. The Balaban J connectivity index is 2.65. The molecule has 26 heavy (non-hydrogen) atoms. The highest BCUT2D eigenvalue weighted by molar-refractivity contribution is 9.10. The van der Waals surface area contributed by atoms with E-state index < -0.39 is 11.5 Å². The summed E-state index contributed by atoms with van der Waals surface area (Å²) in [6, 6.07) is 0. The molecular weight excluding hydrogens is 406 g/mol. The number of aliphatic hydroxyl groups excluding tert-OH is 1. The van der Waals surface area contributed by atoms with Crippen LogP contribution in [-0.4, -0.2) is 50.0 Å². The van der Waals surface area contributed by atoms with Crippen molar-refractivity contribution in [3.05, 3.63) is 39.2 Å². The number of ether oxygens (including phenoxy) is 4. The number of methoxy groups -OCH3 is 2. The molecule has 0 radical (unpaired) electrons. The molecule has 146 valence electrons. The van der Waals surface area contributed by atoms with Crippen molar-refractivity contribution in [2.75, 3.05) is 34.2 Å². The molecule has 8 heteroatoms. The van der Waals surface area contributed by atoms with Gasteiger partial charge in [-0.2, -0.15) is 0 Å². The minimum absolute atomic E-state index is 0.0350. The third-order valence-corrected chi connectivity index (χ3v) is 5.37. The molecule has 1 aliphatic heterocycles. The van der Waals surface area contributed by atoms with E-state index in [1.54, 1.807) is 12.3 Å². The highest BCUT2D eigenvalue weighted by Gasteiger charge is 2.49. The van der Waals surface area contributed by atoms with Gasteiger partial charge < -0.3 is 28.6 Å². The van der Waals surface area contributed by atoms with E-state index in [0.717, 1.165) is 0 Å². The van der Waals surface area contributed by atoms with Crippen LogP contribution >= 0.6 is 15.9 Å². The van der Waals surface area contributed by atoms with Gasteiger partial charge in [-0.3, -0.25) is 4.79 Å². The van der Waals surface area contributed by atoms with E-state index in [0.29, 0.717) is 29.7 Å². The predicted molar refractivity (Wildman–Crippen MR) is 100 cm³/mol. The summed E-state index contributed by atoms with van der Waals surface area (Å²) in [6.45, 7) is 6.54. The second-order valence-electron chi connectivity index (χ2n) is 6.42. The highest BCUT2D eigenvalue weighted by Crippen LogP contribution is 2.49. The quantitative estimate of drug-likeness (QED) is 0.477. The molecule has 1 N–H and O–H groups in total. The summed E-state index contributed by atoms with van der Waals surface area (Å²) >= 11 is 3.29. The second-order valence-corrected chi connectivity index (χ2v) is 7.27. The Labute approximate surface area is 161 Å². The summed E-state index contributed by atoms with van der Waals surface area (Å²) in [5.74, 6) is 0.215. The minimum Gasteiger partial charge on any atom is -0.491 e. The second kappa shape index (κ2) is 9.14. The Bertz CT molecular complexity index is 691. The van der Waals surface area contributed by atoms with E-state index in [-0.39, 0.29) is 30.7 Å². The van der Waals surface area contributed by atoms with Crippen LogP contribution in [0.3, 0.4) is 0 Å². The first-order valence-corrected chi connectivity index (χ1v) is 9.14. The van der Waals surface area contributed by atoms with Crippen LogP contribution in [-0.2, 0) is 20.8 Å². The number of pyridine rings is 1. The monoisotopic (exact) mass is 431 g/mol. The Morgan fingerprint density at radius 3 is 2.77 bits per heavy atom.